The molecule has 0 aliphatic rings. The maximum atomic E-state index is 11.8. The third kappa shape index (κ3) is 10.4. The van der Waals surface area contributed by atoms with Crippen molar-refractivity contribution in [2.24, 2.45) is 0 Å². The van der Waals surface area contributed by atoms with Crippen LogP contribution in [-0.4, -0.2) is 49.0 Å². The molecule has 0 aromatic heterocycles. The SMILES string of the molecule is C=C(CO)C(=O)OCOc1ccc(-c2ccc(-c3ccc(CCCCCCC)cc3)cc2)cc1OCOC(=O)C(=C)CO. The molecular weight excluding hydrogens is 548 g/mol. The van der Waals surface area contributed by atoms with E-state index in [1.807, 2.05) is 18.2 Å². The van der Waals surface area contributed by atoms with E-state index in [0.717, 1.165) is 28.7 Å². The molecule has 43 heavy (non-hydrogen) atoms. The minimum atomic E-state index is -0.798. The van der Waals surface area contributed by atoms with Crippen molar-refractivity contribution in [2.75, 3.05) is 26.8 Å². The van der Waals surface area contributed by atoms with Crippen molar-refractivity contribution in [2.45, 2.75) is 45.4 Å². The summed E-state index contributed by atoms with van der Waals surface area (Å²) in [4.78, 5) is 23.6. The van der Waals surface area contributed by atoms with Crippen LogP contribution < -0.4 is 9.47 Å². The third-order valence-corrected chi connectivity index (χ3v) is 6.79. The fourth-order valence-corrected chi connectivity index (χ4v) is 4.20. The highest BCUT2D eigenvalue weighted by atomic mass is 16.7. The molecule has 0 amide bonds. The third-order valence-electron chi connectivity index (χ3n) is 6.79. The Kier molecular flexibility index (Phi) is 13.5. The Hall–Kier alpha value is -4.40. The van der Waals surface area contributed by atoms with Crippen molar-refractivity contribution in [1.82, 2.24) is 0 Å². The topological polar surface area (TPSA) is 112 Å². The molecule has 0 saturated carbocycles. The van der Waals surface area contributed by atoms with E-state index in [0.29, 0.717) is 0 Å². The summed E-state index contributed by atoms with van der Waals surface area (Å²) >= 11 is 0. The number of aliphatic hydroxyl groups is 2. The van der Waals surface area contributed by atoms with Gasteiger partial charge in [0.2, 0.25) is 13.6 Å². The van der Waals surface area contributed by atoms with E-state index in [4.69, 9.17) is 29.2 Å². The second kappa shape index (κ2) is 17.5. The first-order valence-electron chi connectivity index (χ1n) is 14.4. The Balaban J connectivity index is 1.70. The lowest BCUT2D eigenvalue weighted by atomic mass is 9.98. The van der Waals surface area contributed by atoms with Gasteiger partial charge in [-0.3, -0.25) is 0 Å². The van der Waals surface area contributed by atoms with Gasteiger partial charge in [-0.25, -0.2) is 9.59 Å². The molecule has 0 unspecified atom stereocenters. The smallest absolute Gasteiger partial charge is 0.338 e. The summed E-state index contributed by atoms with van der Waals surface area (Å²) in [5.41, 5.74) is 5.09. The van der Waals surface area contributed by atoms with E-state index in [-0.39, 0.29) is 22.6 Å². The summed E-state index contributed by atoms with van der Waals surface area (Å²) in [7, 11) is 0. The number of aliphatic hydroxyl groups excluding tert-OH is 2. The number of benzene rings is 3. The van der Waals surface area contributed by atoms with Crippen molar-refractivity contribution in [3.05, 3.63) is 96.6 Å². The number of hydrogen-bond donors (Lipinski definition) is 2. The number of hydrogen-bond acceptors (Lipinski definition) is 8. The van der Waals surface area contributed by atoms with Crippen molar-refractivity contribution in [3.8, 4) is 33.8 Å². The lowest BCUT2D eigenvalue weighted by Gasteiger charge is -2.15. The lowest BCUT2D eigenvalue weighted by molar-refractivity contribution is -0.147. The maximum Gasteiger partial charge on any atom is 0.338 e. The van der Waals surface area contributed by atoms with Crippen LogP contribution in [0, 0.1) is 0 Å². The second-order valence-electron chi connectivity index (χ2n) is 10.0. The summed E-state index contributed by atoms with van der Waals surface area (Å²) in [6.45, 7) is 7.07. The first-order valence-corrected chi connectivity index (χ1v) is 14.4. The molecule has 0 spiro atoms. The summed E-state index contributed by atoms with van der Waals surface area (Å²) in [5, 5.41) is 18.1. The van der Waals surface area contributed by atoms with Crippen LogP contribution in [0.4, 0.5) is 0 Å². The van der Waals surface area contributed by atoms with E-state index in [1.54, 1.807) is 12.1 Å². The number of rotatable bonds is 18. The molecule has 3 aromatic rings. The van der Waals surface area contributed by atoms with Gasteiger partial charge >= 0.3 is 11.9 Å². The van der Waals surface area contributed by atoms with Gasteiger partial charge in [0.15, 0.2) is 11.5 Å². The minimum absolute atomic E-state index is 0.108. The number of carbonyl (C=O) groups excluding carboxylic acids is 2. The molecule has 3 rings (SSSR count). The summed E-state index contributed by atoms with van der Waals surface area (Å²) in [6, 6.07) is 22.0. The first-order chi connectivity index (χ1) is 20.9. The van der Waals surface area contributed by atoms with Gasteiger partial charge in [-0.2, -0.15) is 0 Å². The minimum Gasteiger partial charge on any atom is -0.453 e. The maximum absolute atomic E-state index is 11.8. The standard InChI is InChI=1S/C35H40O8/c1-4-5-6-7-8-9-27-10-12-28(13-11-27)29-14-16-30(17-15-29)31-18-19-32(40-23-42-34(38)25(2)21-36)33(20-31)41-24-43-35(39)26(3)22-37/h10-20,36-37H,2-9,21-24H2,1H3. The Labute approximate surface area is 253 Å². The zero-order valence-electron chi connectivity index (χ0n) is 24.7. The number of esters is 2. The van der Waals surface area contributed by atoms with E-state index in [9.17, 15) is 9.59 Å². The Bertz CT molecular complexity index is 1360. The van der Waals surface area contributed by atoms with Crippen LogP contribution in [0.3, 0.4) is 0 Å². The molecule has 0 bridgehead atoms. The predicted octanol–water partition coefficient (Wildman–Crippen LogP) is 6.39. The van der Waals surface area contributed by atoms with Crippen molar-refractivity contribution < 1.29 is 38.7 Å². The van der Waals surface area contributed by atoms with Crippen LogP contribution in [0.15, 0.2) is 91.0 Å². The van der Waals surface area contributed by atoms with Gasteiger partial charge in [-0.1, -0.05) is 100 Å². The van der Waals surface area contributed by atoms with Crippen molar-refractivity contribution in [1.29, 1.82) is 0 Å². The Morgan fingerprint density at radius 1 is 0.628 bits per heavy atom. The van der Waals surface area contributed by atoms with Gasteiger partial charge in [0.25, 0.3) is 0 Å². The molecule has 0 fully saturated rings. The highest BCUT2D eigenvalue weighted by Crippen LogP contribution is 2.34. The van der Waals surface area contributed by atoms with Gasteiger partial charge in [-0.05, 0) is 52.8 Å². The fraction of sp³-hybridized carbons (Fsp3) is 0.314. The molecule has 8 nitrogen and oxygen atoms in total. The molecule has 3 aromatic carbocycles. The molecule has 0 heterocycles. The lowest BCUT2D eigenvalue weighted by Crippen LogP contribution is -2.15. The average molecular weight is 589 g/mol. The van der Waals surface area contributed by atoms with E-state index in [2.05, 4.69) is 56.5 Å². The van der Waals surface area contributed by atoms with Crippen LogP contribution in [0.5, 0.6) is 11.5 Å². The molecule has 228 valence electrons. The molecule has 0 aliphatic carbocycles. The van der Waals surface area contributed by atoms with Crippen LogP contribution >= 0.6 is 0 Å². The predicted molar refractivity (Wildman–Crippen MR) is 165 cm³/mol. The number of carbonyl (C=O) groups is 2. The fourth-order valence-electron chi connectivity index (χ4n) is 4.20. The quantitative estimate of drug-likeness (QED) is 0.0761. The number of aryl methyl sites for hydroxylation is 1. The first kappa shape index (κ1) is 33.1. The molecule has 0 atom stereocenters. The van der Waals surface area contributed by atoms with E-state index >= 15 is 0 Å². The Morgan fingerprint density at radius 3 is 1.63 bits per heavy atom. The van der Waals surface area contributed by atoms with Crippen molar-refractivity contribution in [3.63, 3.8) is 0 Å². The molecule has 0 radical (unpaired) electrons. The van der Waals surface area contributed by atoms with Crippen LogP contribution in [0.2, 0.25) is 0 Å². The number of unbranched alkanes of at least 4 members (excludes halogenated alkanes) is 4. The zero-order valence-corrected chi connectivity index (χ0v) is 24.7. The van der Waals surface area contributed by atoms with Crippen LogP contribution in [0.25, 0.3) is 22.3 Å². The second-order valence-corrected chi connectivity index (χ2v) is 10.0. The molecular formula is C35H40O8. The molecule has 0 aliphatic heterocycles. The average Bonchev–Trinajstić information content (AvgIpc) is 3.04. The number of ether oxygens (including phenoxy) is 4. The summed E-state index contributed by atoms with van der Waals surface area (Å²) in [6.07, 6.45) is 7.45. The van der Waals surface area contributed by atoms with Gasteiger partial charge in [0.05, 0.1) is 24.4 Å². The van der Waals surface area contributed by atoms with Crippen LogP contribution in [0.1, 0.15) is 44.6 Å². The Morgan fingerprint density at radius 2 is 1.09 bits per heavy atom. The van der Waals surface area contributed by atoms with E-state index < -0.39 is 38.7 Å². The zero-order chi connectivity index (χ0) is 31.0. The van der Waals surface area contributed by atoms with Gasteiger partial charge in [0.1, 0.15) is 0 Å². The monoisotopic (exact) mass is 588 g/mol. The van der Waals surface area contributed by atoms with Crippen molar-refractivity contribution >= 4 is 11.9 Å². The van der Waals surface area contributed by atoms with Crippen LogP contribution in [-0.2, 0) is 25.5 Å². The normalized spacial score (nSPS) is 10.6. The van der Waals surface area contributed by atoms with Gasteiger partial charge in [-0.15, -0.1) is 0 Å². The van der Waals surface area contributed by atoms with Gasteiger partial charge in [0, 0.05) is 0 Å². The summed E-state index contributed by atoms with van der Waals surface area (Å²) in [5.74, 6) is -1.14. The summed E-state index contributed by atoms with van der Waals surface area (Å²) < 4.78 is 21.2. The molecule has 8 heteroatoms. The highest BCUT2D eigenvalue weighted by Gasteiger charge is 2.13. The largest absolute Gasteiger partial charge is 0.453 e. The molecule has 0 saturated heterocycles. The van der Waals surface area contributed by atoms with E-state index in [1.165, 1.54) is 37.7 Å². The molecule has 2 N–H and O–H groups in total. The highest BCUT2D eigenvalue weighted by molar-refractivity contribution is 5.88. The van der Waals surface area contributed by atoms with Gasteiger partial charge < -0.3 is 29.2 Å².